The van der Waals surface area contributed by atoms with Gasteiger partial charge in [0.15, 0.2) is 0 Å². The molecule has 4 aromatic heterocycles. The number of hydrogen-bond acceptors (Lipinski definition) is 4. The number of rotatable bonds is 5. The van der Waals surface area contributed by atoms with Crippen LogP contribution in [0.4, 0.5) is 4.39 Å². The molecule has 8 aromatic rings. The summed E-state index contributed by atoms with van der Waals surface area (Å²) in [7, 11) is 0. The summed E-state index contributed by atoms with van der Waals surface area (Å²) in [5.74, 6) is 0.892. The minimum absolute atomic E-state index is 0. The van der Waals surface area contributed by atoms with Crippen LogP contribution in [-0.4, -0.2) is 19.5 Å². The molecule has 1 radical (unpaired) electrons. The van der Waals surface area contributed by atoms with Crippen molar-refractivity contribution < 1.29 is 33.0 Å². The van der Waals surface area contributed by atoms with Crippen LogP contribution in [0.15, 0.2) is 102 Å². The van der Waals surface area contributed by atoms with E-state index in [-0.39, 0.29) is 31.2 Å². The third kappa shape index (κ3) is 6.89. The van der Waals surface area contributed by atoms with Gasteiger partial charge in [-0.1, -0.05) is 99.6 Å². The van der Waals surface area contributed by atoms with E-state index in [1.165, 1.54) is 22.9 Å². The first-order valence-electron chi connectivity index (χ1n) is 18.3. The van der Waals surface area contributed by atoms with Gasteiger partial charge in [-0.15, -0.1) is 42.0 Å². The predicted molar refractivity (Wildman–Crippen MR) is 201 cm³/mol. The summed E-state index contributed by atoms with van der Waals surface area (Å²) < 4.78 is 44.1. The second kappa shape index (κ2) is 14.7. The van der Waals surface area contributed by atoms with Crippen molar-refractivity contribution in [1.29, 1.82) is 0 Å². The molecule has 0 aliphatic heterocycles. The normalized spacial score (nSPS) is 12.5. The van der Waals surface area contributed by atoms with Crippen LogP contribution in [0.5, 0.6) is 0 Å². The topological polar surface area (TPSA) is 56.7 Å². The molecule has 0 N–H and O–H groups in total. The molecular formula is C44H39FIrN4O-2. The number of imidazole rings is 1. The third-order valence-corrected chi connectivity index (χ3v) is 8.87. The fourth-order valence-electron chi connectivity index (χ4n) is 6.38. The van der Waals surface area contributed by atoms with Crippen molar-refractivity contribution in [2.24, 2.45) is 0 Å². The third-order valence-electron chi connectivity index (χ3n) is 8.87. The average molecular weight is 854 g/mol. The second-order valence-corrected chi connectivity index (χ2v) is 13.2. The van der Waals surface area contributed by atoms with Gasteiger partial charge in [-0.3, -0.25) is 14.4 Å². The van der Waals surface area contributed by atoms with Crippen LogP contribution in [0.1, 0.15) is 71.6 Å². The Bertz CT molecular complexity index is 2580. The maximum Gasteiger partial charge on any atom is 0.120 e. The molecule has 0 bridgehead atoms. The van der Waals surface area contributed by atoms with Crippen molar-refractivity contribution in [2.45, 2.75) is 60.2 Å². The van der Waals surface area contributed by atoms with Gasteiger partial charge in [-0.2, -0.15) is 0 Å². The summed E-state index contributed by atoms with van der Waals surface area (Å²) in [5.41, 5.74) is 10.7. The quantitative estimate of drug-likeness (QED) is 0.162. The Balaban J connectivity index is 0.000000222. The minimum Gasteiger partial charge on any atom is -0.501 e. The molecule has 4 aromatic carbocycles. The molecule has 0 saturated heterocycles. The Morgan fingerprint density at radius 3 is 2.25 bits per heavy atom. The molecule has 0 amide bonds. The molecule has 0 spiro atoms. The van der Waals surface area contributed by atoms with E-state index in [0.717, 1.165) is 61.7 Å². The molecule has 0 atom stereocenters. The summed E-state index contributed by atoms with van der Waals surface area (Å²) in [6.45, 7) is 10.6. The van der Waals surface area contributed by atoms with Crippen LogP contribution in [0.25, 0.3) is 61.3 Å². The molecule has 5 nitrogen and oxygen atoms in total. The van der Waals surface area contributed by atoms with E-state index in [9.17, 15) is 4.39 Å². The number of para-hydroxylation sites is 2. The molecule has 51 heavy (non-hydrogen) atoms. The largest absolute Gasteiger partial charge is 0.501 e. The van der Waals surface area contributed by atoms with Gasteiger partial charge < -0.3 is 14.0 Å². The Morgan fingerprint density at radius 1 is 0.804 bits per heavy atom. The fourth-order valence-corrected chi connectivity index (χ4v) is 6.38. The molecule has 0 aliphatic rings. The van der Waals surface area contributed by atoms with Gasteiger partial charge in [0.1, 0.15) is 5.58 Å². The van der Waals surface area contributed by atoms with Gasteiger partial charge in [0.05, 0.1) is 28.6 Å². The van der Waals surface area contributed by atoms with E-state index in [4.69, 9.17) is 13.5 Å². The molecule has 0 aliphatic carbocycles. The van der Waals surface area contributed by atoms with Crippen LogP contribution in [0, 0.1) is 38.6 Å². The maximum absolute atomic E-state index is 13.8. The number of aromatic nitrogens is 4. The number of halogens is 1. The van der Waals surface area contributed by atoms with E-state index >= 15 is 0 Å². The Labute approximate surface area is 316 Å². The Kier molecular flexibility index (Phi) is 9.22. The van der Waals surface area contributed by atoms with Crippen LogP contribution >= 0.6 is 0 Å². The van der Waals surface area contributed by atoms with Crippen molar-refractivity contribution in [3.05, 3.63) is 143 Å². The van der Waals surface area contributed by atoms with Gasteiger partial charge in [0.2, 0.25) is 0 Å². The maximum atomic E-state index is 13.8. The van der Waals surface area contributed by atoms with Gasteiger partial charge in [-0.25, -0.2) is 0 Å². The monoisotopic (exact) mass is 854 g/mol. The number of aryl methyl sites for hydroxylation is 3. The van der Waals surface area contributed by atoms with Gasteiger partial charge >= 0.3 is 0 Å². The molecule has 259 valence electrons. The summed E-state index contributed by atoms with van der Waals surface area (Å²) in [4.78, 5) is 13.9. The summed E-state index contributed by atoms with van der Waals surface area (Å²) in [6, 6.07) is 32.8. The Hall–Kier alpha value is -4.97. The molecule has 0 unspecified atom stereocenters. The number of hydrogen-bond donors (Lipinski definition) is 0. The molecule has 8 rings (SSSR count). The first-order valence-corrected chi connectivity index (χ1v) is 16.8. The first-order chi connectivity index (χ1) is 25.3. The second-order valence-electron chi connectivity index (χ2n) is 13.2. The van der Waals surface area contributed by atoms with Crippen molar-refractivity contribution >= 4 is 33.0 Å². The molecule has 0 fully saturated rings. The number of furan rings is 1. The van der Waals surface area contributed by atoms with E-state index in [1.807, 2.05) is 50.4 Å². The van der Waals surface area contributed by atoms with E-state index in [2.05, 4.69) is 90.8 Å². The number of pyridine rings is 2. The smallest absolute Gasteiger partial charge is 0.120 e. The van der Waals surface area contributed by atoms with Crippen molar-refractivity contribution in [1.82, 2.24) is 19.5 Å². The molecule has 7 heteroatoms. The summed E-state index contributed by atoms with van der Waals surface area (Å²) in [6.07, 6.45) is 3.57. The number of fused-ring (bicyclic) bond motifs is 4. The first kappa shape index (κ1) is 32.0. The molecule has 4 heterocycles. The minimum atomic E-state index is -2.32. The predicted octanol–water partition coefficient (Wildman–Crippen LogP) is 11.6. The SMILES string of the molecule is Cc1cc2nc(-c3[c-]ccc4c3oc3ccccc34)n(-c3c(C(C)C)cccc3C(C)C)c2cn1.[2H]C([2H])([2H])c1c[c-]c(-c2ccc(C)cn2)c(F)c1.[Ir]. The van der Waals surface area contributed by atoms with Crippen LogP contribution < -0.4 is 0 Å². The van der Waals surface area contributed by atoms with E-state index in [1.54, 1.807) is 12.3 Å². The van der Waals surface area contributed by atoms with E-state index in [0.29, 0.717) is 17.5 Å². The van der Waals surface area contributed by atoms with Crippen molar-refractivity contribution in [3.8, 4) is 28.3 Å². The standard InChI is InChI=1S/C31H28N3O.C13H11FN.Ir/c1-18(2)21-11-8-12-22(19(3)4)29(21)34-27-17-32-20(5)16-26(27)33-31(34)25-14-9-13-24-23-10-6-7-15-28(23)35-30(24)25;1-9-3-5-11(12(14)7-9)13-6-4-10(2)8-15-13;/h6-13,15-19H,1-5H3;3-4,6-8H,1-2H3;/q2*-1;/i;1D3;. The fraction of sp³-hybridized carbons (Fsp3) is 0.205. The molecular weight excluding hydrogens is 812 g/mol. The number of nitrogens with zero attached hydrogens (tertiary/aromatic N) is 4. The van der Waals surface area contributed by atoms with Gasteiger partial charge in [0.25, 0.3) is 0 Å². The van der Waals surface area contributed by atoms with Crippen molar-refractivity contribution in [3.63, 3.8) is 0 Å². The Morgan fingerprint density at radius 2 is 1.57 bits per heavy atom. The van der Waals surface area contributed by atoms with Gasteiger partial charge in [0, 0.05) is 53.0 Å². The molecule has 0 saturated carbocycles. The van der Waals surface area contributed by atoms with Crippen LogP contribution in [0.2, 0.25) is 0 Å². The summed E-state index contributed by atoms with van der Waals surface area (Å²) >= 11 is 0. The summed E-state index contributed by atoms with van der Waals surface area (Å²) in [5, 5.41) is 2.17. The zero-order valence-corrected chi connectivity index (χ0v) is 31.7. The average Bonchev–Trinajstić information content (AvgIpc) is 3.69. The van der Waals surface area contributed by atoms with E-state index < -0.39 is 12.7 Å². The van der Waals surface area contributed by atoms with Crippen molar-refractivity contribution in [2.75, 3.05) is 0 Å². The van der Waals surface area contributed by atoms with Crippen LogP contribution in [-0.2, 0) is 20.1 Å². The van der Waals surface area contributed by atoms with Gasteiger partial charge in [-0.05, 0) is 60.2 Å². The zero-order chi connectivity index (χ0) is 37.6. The zero-order valence-electron chi connectivity index (χ0n) is 32.3. The van der Waals surface area contributed by atoms with Crippen LogP contribution in [0.3, 0.4) is 0 Å². The number of benzene rings is 4.